The van der Waals surface area contributed by atoms with E-state index in [1.807, 2.05) is 17.0 Å². The van der Waals surface area contributed by atoms with Crippen LogP contribution < -0.4 is 10.2 Å². The second-order valence-corrected chi connectivity index (χ2v) is 7.14. The minimum Gasteiger partial charge on any atom is -0.354 e. The molecular weight excluding hydrogens is 372 g/mol. The van der Waals surface area contributed by atoms with Crippen molar-refractivity contribution in [3.05, 3.63) is 53.7 Å². The summed E-state index contributed by atoms with van der Waals surface area (Å²) in [5, 5.41) is 3.23. The predicted molar refractivity (Wildman–Crippen MR) is 99.2 cm³/mol. The fourth-order valence-electron chi connectivity index (χ4n) is 2.81. The Morgan fingerprint density at radius 1 is 1.22 bits per heavy atom. The summed E-state index contributed by atoms with van der Waals surface area (Å²) >= 11 is 1.21. The summed E-state index contributed by atoms with van der Waals surface area (Å²) in [6.45, 7) is 1.02. The first-order valence-electron chi connectivity index (χ1n) is 8.31. The molecule has 1 aliphatic heterocycles. The molecule has 0 bridgehead atoms. The maximum atomic E-state index is 13.3. The molecule has 0 aromatic carbocycles. The van der Waals surface area contributed by atoms with Gasteiger partial charge in [-0.15, -0.1) is 11.3 Å². The summed E-state index contributed by atoms with van der Waals surface area (Å²) in [5.74, 6) is -0.185. The summed E-state index contributed by atoms with van der Waals surface area (Å²) in [6.07, 6.45) is 5.27. The van der Waals surface area contributed by atoms with Crippen molar-refractivity contribution in [2.75, 3.05) is 23.3 Å². The zero-order valence-corrected chi connectivity index (χ0v) is 14.9. The van der Waals surface area contributed by atoms with Crippen LogP contribution >= 0.6 is 11.3 Å². The van der Waals surface area contributed by atoms with E-state index in [9.17, 15) is 13.6 Å². The monoisotopic (exact) mass is 387 g/mol. The molecule has 0 saturated carbocycles. The van der Waals surface area contributed by atoms with Crippen molar-refractivity contribution >= 4 is 28.7 Å². The van der Waals surface area contributed by atoms with Gasteiger partial charge >= 0.3 is 0 Å². The highest BCUT2D eigenvalue weighted by atomic mass is 32.1. The Hall–Kier alpha value is -2.94. The van der Waals surface area contributed by atoms with Crippen LogP contribution in [-0.2, 0) is 0 Å². The third-order valence-corrected chi connectivity index (χ3v) is 5.19. The number of carbonyl (C=O) groups is 1. The van der Waals surface area contributed by atoms with Gasteiger partial charge in [-0.1, -0.05) is 0 Å². The molecule has 1 N–H and O–H groups in total. The molecule has 1 saturated heterocycles. The van der Waals surface area contributed by atoms with Crippen LogP contribution in [0.1, 0.15) is 16.1 Å². The average Bonchev–Trinajstić information content (AvgIpc) is 3.31. The highest BCUT2D eigenvalue weighted by Crippen LogP contribution is 2.27. The van der Waals surface area contributed by atoms with E-state index in [0.29, 0.717) is 29.4 Å². The van der Waals surface area contributed by atoms with Gasteiger partial charge in [0.1, 0.15) is 27.7 Å². The van der Waals surface area contributed by atoms with Crippen LogP contribution in [0.25, 0.3) is 10.6 Å². The molecule has 9 heteroatoms. The van der Waals surface area contributed by atoms with Gasteiger partial charge in [0, 0.05) is 24.4 Å². The van der Waals surface area contributed by atoms with E-state index in [2.05, 4.69) is 20.3 Å². The van der Waals surface area contributed by atoms with E-state index >= 15 is 0 Å². The van der Waals surface area contributed by atoms with Gasteiger partial charge in [-0.05, 0) is 18.6 Å². The second-order valence-electron chi connectivity index (χ2n) is 6.11. The van der Waals surface area contributed by atoms with Gasteiger partial charge in [0.25, 0.3) is 5.91 Å². The summed E-state index contributed by atoms with van der Waals surface area (Å²) in [7, 11) is 0. The maximum Gasteiger partial charge on any atom is 0.267 e. The highest BCUT2D eigenvalue weighted by molar-refractivity contribution is 7.17. The second kappa shape index (κ2) is 7.36. The Kier molecular flexibility index (Phi) is 4.76. The third-order valence-electron chi connectivity index (χ3n) is 4.14. The fraction of sp³-hybridized carbons (Fsp3) is 0.222. The number of halogens is 2. The Labute approximate surface area is 157 Å². The van der Waals surface area contributed by atoms with Gasteiger partial charge in [0.15, 0.2) is 0 Å². The van der Waals surface area contributed by atoms with Crippen LogP contribution in [0.3, 0.4) is 0 Å². The fourth-order valence-corrected chi connectivity index (χ4v) is 3.61. The Balaban J connectivity index is 1.46. The summed E-state index contributed by atoms with van der Waals surface area (Å²) < 4.78 is 26.5. The lowest BCUT2D eigenvalue weighted by Gasteiger charge is -2.15. The normalized spacial score (nSPS) is 16.5. The molecule has 0 spiro atoms. The van der Waals surface area contributed by atoms with Gasteiger partial charge < -0.3 is 10.2 Å². The Bertz CT molecular complexity index is 962. The lowest BCUT2D eigenvalue weighted by Crippen LogP contribution is -2.20. The minimum absolute atomic E-state index is 0.276. The van der Waals surface area contributed by atoms with Crippen molar-refractivity contribution in [3.8, 4) is 10.6 Å². The molecule has 4 rings (SSSR count). The lowest BCUT2D eigenvalue weighted by atomic mass is 10.3. The maximum absolute atomic E-state index is 13.3. The van der Waals surface area contributed by atoms with E-state index in [1.54, 1.807) is 6.20 Å². The number of alkyl halides is 1. The molecule has 4 heterocycles. The third kappa shape index (κ3) is 3.92. The van der Waals surface area contributed by atoms with Gasteiger partial charge in [-0.25, -0.2) is 18.7 Å². The topological polar surface area (TPSA) is 71.0 Å². The zero-order chi connectivity index (χ0) is 18.8. The molecule has 0 unspecified atom stereocenters. The SMILES string of the molecule is O=C(Nc1cncc(F)c1)c1cnc(-c2ccc(N3CC[C@@H](F)C3)nc2)s1. The first-order valence-corrected chi connectivity index (χ1v) is 9.13. The van der Waals surface area contributed by atoms with Crippen molar-refractivity contribution < 1.29 is 13.6 Å². The molecule has 1 amide bonds. The number of nitrogens with zero attached hydrogens (tertiary/aromatic N) is 4. The van der Waals surface area contributed by atoms with E-state index in [4.69, 9.17) is 0 Å². The quantitative estimate of drug-likeness (QED) is 0.741. The number of pyridine rings is 2. The number of thiazole rings is 1. The Morgan fingerprint density at radius 3 is 2.81 bits per heavy atom. The van der Waals surface area contributed by atoms with Crippen LogP contribution in [0.15, 0.2) is 43.0 Å². The van der Waals surface area contributed by atoms with Crippen LogP contribution in [-0.4, -0.2) is 40.1 Å². The molecule has 138 valence electrons. The standard InChI is InChI=1S/C18H15F2N5OS/c19-12-3-4-25(10-12)16-2-1-11(6-22-16)18-23-9-15(27-18)17(26)24-14-5-13(20)7-21-8-14/h1-2,5-9,12H,3-4,10H2,(H,24,26)/t12-/m1/s1. The summed E-state index contributed by atoms with van der Waals surface area (Å²) in [6, 6.07) is 4.87. The average molecular weight is 387 g/mol. The number of amides is 1. The van der Waals surface area contributed by atoms with Crippen molar-refractivity contribution in [1.82, 2.24) is 15.0 Å². The van der Waals surface area contributed by atoms with Gasteiger partial charge in [0.2, 0.25) is 0 Å². The van der Waals surface area contributed by atoms with E-state index < -0.39 is 12.0 Å². The van der Waals surface area contributed by atoms with E-state index in [1.165, 1.54) is 29.8 Å². The molecule has 1 aliphatic rings. The Morgan fingerprint density at radius 2 is 2.11 bits per heavy atom. The first-order chi connectivity index (χ1) is 13.1. The number of carbonyl (C=O) groups excluding carboxylic acids is 1. The molecule has 27 heavy (non-hydrogen) atoms. The zero-order valence-electron chi connectivity index (χ0n) is 14.1. The number of hydrogen-bond acceptors (Lipinski definition) is 6. The molecule has 1 atom stereocenters. The molecule has 3 aromatic heterocycles. The van der Waals surface area contributed by atoms with Crippen LogP contribution in [0.2, 0.25) is 0 Å². The molecule has 0 radical (unpaired) electrons. The van der Waals surface area contributed by atoms with E-state index in [-0.39, 0.29) is 11.6 Å². The molecule has 0 aliphatic carbocycles. The van der Waals surface area contributed by atoms with Crippen molar-refractivity contribution in [2.45, 2.75) is 12.6 Å². The van der Waals surface area contributed by atoms with E-state index in [0.717, 1.165) is 17.6 Å². The number of anilines is 2. The molecule has 3 aromatic rings. The smallest absolute Gasteiger partial charge is 0.267 e. The largest absolute Gasteiger partial charge is 0.354 e. The van der Waals surface area contributed by atoms with Gasteiger partial charge in [-0.3, -0.25) is 9.78 Å². The predicted octanol–water partition coefficient (Wildman–Crippen LogP) is 3.54. The summed E-state index contributed by atoms with van der Waals surface area (Å²) in [5.41, 5.74) is 1.05. The number of hydrogen-bond donors (Lipinski definition) is 1. The van der Waals surface area contributed by atoms with Gasteiger partial charge in [-0.2, -0.15) is 0 Å². The lowest BCUT2D eigenvalue weighted by molar-refractivity contribution is 0.103. The molecular formula is C18H15F2N5OS. The number of aromatic nitrogens is 3. The number of rotatable bonds is 4. The molecule has 6 nitrogen and oxygen atoms in total. The van der Waals surface area contributed by atoms with Crippen LogP contribution in [0.5, 0.6) is 0 Å². The van der Waals surface area contributed by atoms with Crippen LogP contribution in [0.4, 0.5) is 20.3 Å². The summed E-state index contributed by atoms with van der Waals surface area (Å²) in [4.78, 5) is 26.9. The first kappa shape index (κ1) is 17.5. The molecule has 1 fully saturated rings. The highest BCUT2D eigenvalue weighted by Gasteiger charge is 2.22. The van der Waals surface area contributed by atoms with Crippen molar-refractivity contribution in [1.29, 1.82) is 0 Å². The van der Waals surface area contributed by atoms with Crippen molar-refractivity contribution in [2.24, 2.45) is 0 Å². The number of nitrogens with one attached hydrogen (secondary N) is 1. The van der Waals surface area contributed by atoms with Crippen molar-refractivity contribution in [3.63, 3.8) is 0 Å². The minimum atomic E-state index is -0.806. The van der Waals surface area contributed by atoms with Gasteiger partial charge in [0.05, 0.1) is 30.8 Å². The van der Waals surface area contributed by atoms with Crippen LogP contribution in [0, 0.1) is 5.82 Å².